The fraction of sp³-hybridized carbons (Fsp3) is 0.529. The Bertz CT molecular complexity index is 578. The summed E-state index contributed by atoms with van der Waals surface area (Å²) in [6, 6.07) is 8.21. The first kappa shape index (κ1) is 14.1. The van der Waals surface area contributed by atoms with Crippen LogP contribution in [0, 0.1) is 5.92 Å². The lowest BCUT2D eigenvalue weighted by atomic mass is 9.81. The lowest BCUT2D eigenvalue weighted by molar-refractivity contribution is -0.121. The number of nitrogens with one attached hydrogen (secondary N) is 2. The van der Waals surface area contributed by atoms with E-state index in [-0.39, 0.29) is 5.91 Å². The number of benzene rings is 1. The highest BCUT2D eigenvalue weighted by atomic mass is 16.1. The predicted molar refractivity (Wildman–Crippen MR) is 84.1 cm³/mol. The van der Waals surface area contributed by atoms with Gasteiger partial charge in [-0.1, -0.05) is 19.1 Å². The molecule has 1 aliphatic carbocycles. The predicted octanol–water partition coefficient (Wildman–Crippen LogP) is 3.36. The van der Waals surface area contributed by atoms with Crippen LogP contribution in [0.1, 0.15) is 50.8 Å². The average molecular weight is 285 g/mol. The van der Waals surface area contributed by atoms with Crippen LogP contribution in [0.4, 0.5) is 0 Å². The summed E-state index contributed by atoms with van der Waals surface area (Å²) in [5.41, 5.74) is 2.19. The molecule has 1 aromatic carbocycles. The van der Waals surface area contributed by atoms with E-state index in [2.05, 4.69) is 22.4 Å². The van der Waals surface area contributed by atoms with Crippen LogP contribution in [-0.2, 0) is 4.79 Å². The summed E-state index contributed by atoms with van der Waals surface area (Å²) in [6.45, 7) is 2.73. The Morgan fingerprint density at radius 2 is 2.05 bits per heavy atom. The van der Waals surface area contributed by atoms with Crippen molar-refractivity contribution in [1.82, 2.24) is 15.3 Å². The van der Waals surface area contributed by atoms with E-state index in [0.717, 1.165) is 36.2 Å². The minimum Gasteiger partial charge on any atom is -0.356 e. The average Bonchev–Trinajstić information content (AvgIpc) is 2.97. The SMILES string of the molecule is CCC(=O)NCC1CCC(c2nc3ccccc3[nH]2)CC1. The van der Waals surface area contributed by atoms with E-state index >= 15 is 0 Å². The summed E-state index contributed by atoms with van der Waals surface area (Å²) in [5, 5.41) is 3.02. The number of carbonyl (C=O) groups excluding carboxylic acids is 1. The molecule has 0 radical (unpaired) electrons. The number of aromatic amines is 1. The Balaban J connectivity index is 1.56. The van der Waals surface area contributed by atoms with Gasteiger partial charge in [0.2, 0.25) is 5.91 Å². The first-order valence-corrected chi connectivity index (χ1v) is 7.97. The maximum absolute atomic E-state index is 11.3. The second-order valence-corrected chi connectivity index (χ2v) is 6.01. The van der Waals surface area contributed by atoms with Crippen LogP contribution in [0.5, 0.6) is 0 Å². The zero-order valence-corrected chi connectivity index (χ0v) is 12.6. The highest BCUT2D eigenvalue weighted by molar-refractivity contribution is 5.75. The molecule has 2 aromatic rings. The Kier molecular flexibility index (Phi) is 4.23. The van der Waals surface area contributed by atoms with Crippen molar-refractivity contribution in [3.8, 4) is 0 Å². The fourth-order valence-electron chi connectivity index (χ4n) is 3.19. The van der Waals surface area contributed by atoms with Gasteiger partial charge in [-0.05, 0) is 43.7 Å². The number of hydrogen-bond acceptors (Lipinski definition) is 2. The number of hydrogen-bond donors (Lipinski definition) is 2. The van der Waals surface area contributed by atoms with Crippen molar-refractivity contribution in [3.05, 3.63) is 30.1 Å². The molecular weight excluding hydrogens is 262 g/mol. The van der Waals surface area contributed by atoms with Crippen molar-refractivity contribution < 1.29 is 4.79 Å². The molecular formula is C17H23N3O. The van der Waals surface area contributed by atoms with E-state index in [0.29, 0.717) is 18.3 Å². The molecule has 0 saturated heterocycles. The third-order valence-corrected chi connectivity index (χ3v) is 4.55. The number of amides is 1. The van der Waals surface area contributed by atoms with Gasteiger partial charge in [0.1, 0.15) is 5.82 Å². The number of H-pyrrole nitrogens is 1. The van der Waals surface area contributed by atoms with Crippen LogP contribution in [-0.4, -0.2) is 22.4 Å². The molecule has 1 amide bonds. The minimum atomic E-state index is 0.161. The lowest BCUT2D eigenvalue weighted by Gasteiger charge is -2.27. The quantitative estimate of drug-likeness (QED) is 0.905. The third-order valence-electron chi connectivity index (χ3n) is 4.55. The molecule has 1 saturated carbocycles. The normalized spacial score (nSPS) is 22.3. The molecule has 0 unspecified atom stereocenters. The van der Waals surface area contributed by atoms with Gasteiger partial charge >= 0.3 is 0 Å². The maximum Gasteiger partial charge on any atom is 0.219 e. The van der Waals surface area contributed by atoms with E-state index in [1.165, 1.54) is 12.8 Å². The van der Waals surface area contributed by atoms with Crippen molar-refractivity contribution in [1.29, 1.82) is 0 Å². The van der Waals surface area contributed by atoms with Crippen LogP contribution in [0.25, 0.3) is 11.0 Å². The number of carbonyl (C=O) groups is 1. The summed E-state index contributed by atoms with van der Waals surface area (Å²) in [4.78, 5) is 19.5. The monoisotopic (exact) mass is 285 g/mol. The number of aromatic nitrogens is 2. The summed E-state index contributed by atoms with van der Waals surface area (Å²) in [7, 11) is 0. The van der Waals surface area contributed by atoms with E-state index in [9.17, 15) is 4.79 Å². The van der Waals surface area contributed by atoms with Crippen molar-refractivity contribution in [2.45, 2.75) is 44.9 Å². The van der Waals surface area contributed by atoms with E-state index in [4.69, 9.17) is 4.98 Å². The molecule has 112 valence electrons. The minimum absolute atomic E-state index is 0.161. The van der Waals surface area contributed by atoms with Crippen LogP contribution < -0.4 is 5.32 Å². The van der Waals surface area contributed by atoms with Crippen molar-refractivity contribution in [3.63, 3.8) is 0 Å². The number of nitrogens with zero attached hydrogens (tertiary/aromatic N) is 1. The van der Waals surface area contributed by atoms with Gasteiger partial charge in [-0.15, -0.1) is 0 Å². The topological polar surface area (TPSA) is 57.8 Å². The first-order chi connectivity index (χ1) is 10.3. The van der Waals surface area contributed by atoms with Crippen LogP contribution in [0.2, 0.25) is 0 Å². The number of imidazole rings is 1. The molecule has 4 heteroatoms. The molecule has 1 fully saturated rings. The fourth-order valence-corrected chi connectivity index (χ4v) is 3.19. The molecule has 2 N–H and O–H groups in total. The Hall–Kier alpha value is -1.84. The Labute approximate surface area is 125 Å². The van der Waals surface area contributed by atoms with Gasteiger partial charge in [0.25, 0.3) is 0 Å². The van der Waals surface area contributed by atoms with Crippen molar-refractivity contribution in [2.75, 3.05) is 6.54 Å². The molecule has 0 bridgehead atoms. The molecule has 3 rings (SSSR count). The Morgan fingerprint density at radius 3 is 2.76 bits per heavy atom. The summed E-state index contributed by atoms with van der Waals surface area (Å²) in [5.74, 6) is 2.46. The summed E-state index contributed by atoms with van der Waals surface area (Å²) < 4.78 is 0. The van der Waals surface area contributed by atoms with Gasteiger partial charge in [-0.25, -0.2) is 4.98 Å². The van der Waals surface area contributed by atoms with Gasteiger partial charge in [-0.3, -0.25) is 4.79 Å². The lowest BCUT2D eigenvalue weighted by Crippen LogP contribution is -2.30. The molecule has 0 atom stereocenters. The van der Waals surface area contributed by atoms with E-state index < -0.39 is 0 Å². The number of rotatable bonds is 4. The van der Waals surface area contributed by atoms with E-state index in [1.54, 1.807) is 0 Å². The maximum atomic E-state index is 11.3. The number of para-hydroxylation sites is 2. The molecule has 1 heterocycles. The summed E-state index contributed by atoms with van der Waals surface area (Å²) in [6.07, 6.45) is 5.24. The smallest absolute Gasteiger partial charge is 0.219 e. The highest BCUT2D eigenvalue weighted by Gasteiger charge is 2.24. The van der Waals surface area contributed by atoms with Gasteiger partial charge in [-0.2, -0.15) is 0 Å². The molecule has 0 aliphatic heterocycles. The van der Waals surface area contributed by atoms with Crippen LogP contribution >= 0.6 is 0 Å². The summed E-state index contributed by atoms with van der Waals surface area (Å²) >= 11 is 0. The standard InChI is InChI=1S/C17H23N3O/c1-2-16(21)18-11-12-7-9-13(10-8-12)17-19-14-5-3-4-6-15(14)20-17/h3-6,12-13H,2,7-11H2,1H3,(H,18,21)(H,19,20). The van der Waals surface area contributed by atoms with Crippen LogP contribution in [0.15, 0.2) is 24.3 Å². The second-order valence-electron chi connectivity index (χ2n) is 6.01. The highest BCUT2D eigenvalue weighted by Crippen LogP contribution is 2.34. The molecule has 21 heavy (non-hydrogen) atoms. The molecule has 4 nitrogen and oxygen atoms in total. The molecule has 0 spiro atoms. The first-order valence-electron chi connectivity index (χ1n) is 7.97. The Morgan fingerprint density at radius 1 is 1.29 bits per heavy atom. The number of fused-ring (bicyclic) bond motifs is 1. The van der Waals surface area contributed by atoms with Crippen molar-refractivity contribution in [2.24, 2.45) is 5.92 Å². The molecule has 1 aliphatic rings. The zero-order chi connectivity index (χ0) is 14.7. The largest absolute Gasteiger partial charge is 0.356 e. The third kappa shape index (κ3) is 3.26. The zero-order valence-electron chi connectivity index (χ0n) is 12.6. The van der Waals surface area contributed by atoms with Gasteiger partial charge in [0, 0.05) is 18.9 Å². The van der Waals surface area contributed by atoms with Crippen LogP contribution in [0.3, 0.4) is 0 Å². The van der Waals surface area contributed by atoms with Crippen molar-refractivity contribution >= 4 is 16.9 Å². The molecule has 1 aromatic heterocycles. The van der Waals surface area contributed by atoms with Gasteiger partial charge in [0.05, 0.1) is 11.0 Å². The van der Waals surface area contributed by atoms with Gasteiger partial charge in [0.15, 0.2) is 0 Å². The van der Waals surface area contributed by atoms with E-state index in [1.807, 2.05) is 19.1 Å². The second kappa shape index (κ2) is 6.29. The van der Waals surface area contributed by atoms with Gasteiger partial charge < -0.3 is 10.3 Å².